The molecule has 1 N–H and O–H groups in total. The Kier molecular flexibility index (Phi) is 9.19. The lowest BCUT2D eigenvalue weighted by molar-refractivity contribution is -0.130. The molecule has 1 aliphatic rings. The van der Waals surface area contributed by atoms with Gasteiger partial charge in [0.25, 0.3) is 5.91 Å². The zero-order chi connectivity index (χ0) is 31.4. The number of rotatable bonds is 11. The second-order valence-corrected chi connectivity index (χ2v) is 11.0. The number of carbonyl (C=O) groups excluding carboxylic acids is 2. The van der Waals surface area contributed by atoms with E-state index in [0.29, 0.717) is 46.0 Å². The summed E-state index contributed by atoms with van der Waals surface area (Å²) in [6, 6.07) is 14.6. The molecule has 230 valence electrons. The molecule has 11 nitrogen and oxygen atoms in total. The number of fused-ring (bicyclic) bond motifs is 1. The molecule has 0 bridgehead atoms. The van der Waals surface area contributed by atoms with Crippen LogP contribution in [0.4, 0.5) is 5.13 Å². The lowest BCUT2D eigenvalue weighted by Gasteiger charge is -2.21. The Bertz CT molecular complexity index is 1710. The van der Waals surface area contributed by atoms with Gasteiger partial charge in [-0.05, 0) is 53.9 Å². The van der Waals surface area contributed by atoms with Crippen molar-refractivity contribution in [2.24, 2.45) is 5.10 Å². The van der Waals surface area contributed by atoms with Crippen LogP contribution in [0.1, 0.15) is 43.0 Å². The van der Waals surface area contributed by atoms with Crippen molar-refractivity contribution in [3.63, 3.8) is 0 Å². The molecule has 0 fully saturated rings. The number of carbonyl (C=O) groups is 2. The van der Waals surface area contributed by atoms with Crippen LogP contribution in [0.25, 0.3) is 10.2 Å². The molecule has 3 aromatic carbocycles. The summed E-state index contributed by atoms with van der Waals surface area (Å²) >= 11 is 1.42. The third-order valence-corrected chi connectivity index (χ3v) is 8.20. The van der Waals surface area contributed by atoms with Crippen LogP contribution >= 0.6 is 11.3 Å². The van der Waals surface area contributed by atoms with Crippen molar-refractivity contribution in [2.45, 2.75) is 32.7 Å². The van der Waals surface area contributed by atoms with Crippen LogP contribution in [-0.2, 0) is 16.0 Å². The van der Waals surface area contributed by atoms with Crippen molar-refractivity contribution >= 4 is 44.2 Å². The fourth-order valence-electron chi connectivity index (χ4n) is 5.04. The van der Waals surface area contributed by atoms with E-state index in [4.69, 9.17) is 23.7 Å². The van der Waals surface area contributed by atoms with Crippen molar-refractivity contribution < 1.29 is 33.3 Å². The highest BCUT2D eigenvalue weighted by atomic mass is 32.1. The van der Waals surface area contributed by atoms with Gasteiger partial charge >= 0.3 is 0 Å². The molecule has 0 spiro atoms. The Morgan fingerprint density at radius 1 is 0.932 bits per heavy atom. The van der Waals surface area contributed by atoms with Gasteiger partial charge in [-0.15, -0.1) is 0 Å². The highest BCUT2D eigenvalue weighted by Gasteiger charge is 2.33. The second-order valence-electron chi connectivity index (χ2n) is 9.97. The molecule has 1 atom stereocenters. The summed E-state index contributed by atoms with van der Waals surface area (Å²) in [6.07, 6.45) is 1.34. The number of methoxy groups -OCH3 is 4. The molecule has 44 heavy (non-hydrogen) atoms. The summed E-state index contributed by atoms with van der Waals surface area (Å²) in [5.74, 6) is 1.67. The number of amides is 2. The van der Waals surface area contributed by atoms with Crippen molar-refractivity contribution in [3.05, 3.63) is 65.2 Å². The van der Waals surface area contributed by atoms with Crippen molar-refractivity contribution in [1.29, 1.82) is 0 Å². The number of nitrogens with zero attached hydrogens (tertiary/aromatic N) is 3. The molecule has 0 saturated carbocycles. The van der Waals surface area contributed by atoms with Crippen molar-refractivity contribution in [3.8, 4) is 28.7 Å². The molecule has 2 amide bonds. The number of ether oxygens (including phenoxy) is 5. The number of aryl methyl sites for hydroxylation is 1. The smallest absolute Gasteiger partial charge is 0.264 e. The van der Waals surface area contributed by atoms with Gasteiger partial charge in [0.15, 0.2) is 34.7 Å². The molecule has 4 aromatic rings. The first-order valence-corrected chi connectivity index (χ1v) is 14.8. The van der Waals surface area contributed by atoms with E-state index in [-0.39, 0.29) is 18.4 Å². The quantitative estimate of drug-likeness (QED) is 0.230. The number of hydrazone groups is 1. The minimum absolute atomic E-state index is 0.225. The first-order chi connectivity index (χ1) is 21.3. The Hall–Kier alpha value is -4.84. The Morgan fingerprint density at radius 3 is 2.30 bits per heavy atom. The number of hydrogen-bond donors (Lipinski definition) is 1. The molecule has 1 aliphatic heterocycles. The lowest BCUT2D eigenvalue weighted by atomic mass is 9.97. The summed E-state index contributed by atoms with van der Waals surface area (Å²) in [6.45, 7) is 3.30. The van der Waals surface area contributed by atoms with Crippen molar-refractivity contribution in [2.75, 3.05) is 40.4 Å². The molecule has 0 saturated heterocycles. The minimum Gasteiger partial charge on any atom is -0.493 e. The topological polar surface area (TPSA) is 121 Å². The van der Waals surface area contributed by atoms with E-state index in [1.54, 1.807) is 38.5 Å². The predicted octanol–water partition coefficient (Wildman–Crippen LogP) is 5.61. The maximum Gasteiger partial charge on any atom is 0.264 e. The highest BCUT2D eigenvalue weighted by Crippen LogP contribution is 2.42. The number of benzene rings is 3. The van der Waals surface area contributed by atoms with Gasteiger partial charge in [-0.3, -0.25) is 14.9 Å². The Morgan fingerprint density at radius 2 is 1.66 bits per heavy atom. The zero-order valence-corrected chi connectivity index (χ0v) is 26.2. The molecular weight excluding hydrogens is 584 g/mol. The third kappa shape index (κ3) is 6.25. The van der Waals surface area contributed by atoms with Gasteiger partial charge in [-0.1, -0.05) is 30.4 Å². The highest BCUT2D eigenvalue weighted by molar-refractivity contribution is 7.22. The summed E-state index contributed by atoms with van der Waals surface area (Å²) in [7, 11) is 6.15. The molecule has 0 aliphatic carbocycles. The van der Waals surface area contributed by atoms with Crippen molar-refractivity contribution in [1.82, 2.24) is 9.99 Å². The van der Waals surface area contributed by atoms with E-state index in [2.05, 4.69) is 28.4 Å². The van der Waals surface area contributed by atoms with Crippen LogP contribution in [0.5, 0.6) is 28.7 Å². The molecular formula is C32H34N4O7S. The zero-order valence-electron chi connectivity index (χ0n) is 25.4. The number of hydrogen-bond acceptors (Lipinski definition) is 10. The van der Waals surface area contributed by atoms with Crippen LogP contribution < -0.4 is 29.0 Å². The van der Waals surface area contributed by atoms with Crippen LogP contribution in [0.3, 0.4) is 0 Å². The molecule has 0 radical (unpaired) electrons. The number of nitrogens with one attached hydrogen (secondary N) is 1. The largest absolute Gasteiger partial charge is 0.493 e. The molecule has 12 heteroatoms. The fourth-order valence-corrected chi connectivity index (χ4v) is 5.98. The van der Waals surface area contributed by atoms with Crippen LogP contribution in [0.2, 0.25) is 0 Å². The van der Waals surface area contributed by atoms with Gasteiger partial charge in [0.1, 0.15) is 0 Å². The monoisotopic (exact) mass is 618 g/mol. The number of anilines is 1. The molecule has 1 aromatic heterocycles. The third-order valence-electron chi connectivity index (χ3n) is 7.27. The van der Waals surface area contributed by atoms with Gasteiger partial charge in [0, 0.05) is 18.9 Å². The van der Waals surface area contributed by atoms with E-state index >= 15 is 0 Å². The first-order valence-electron chi connectivity index (χ1n) is 14.0. The van der Waals surface area contributed by atoms with Crippen LogP contribution in [-0.4, -0.2) is 62.6 Å². The van der Waals surface area contributed by atoms with E-state index in [0.717, 1.165) is 27.8 Å². The van der Waals surface area contributed by atoms with Gasteiger partial charge in [-0.25, -0.2) is 9.99 Å². The van der Waals surface area contributed by atoms with E-state index < -0.39 is 6.04 Å². The Balaban J connectivity index is 1.34. The number of thiazole rings is 1. The standard InChI is InChI=1S/C32H34N4O7S/c1-7-19-8-10-22-29(12-19)44-32(33-22)34-30(38)17-43-26-13-20(9-11-25(26)39-3)24-16-23(35-36(24)18(2)37)21-14-27(40-4)31(42-6)28(15-21)41-5/h8-15,24H,7,16-17H2,1-6H3,(H,33,34,38). The summed E-state index contributed by atoms with van der Waals surface area (Å²) in [5.41, 5.74) is 4.21. The molecule has 5 rings (SSSR count). The SMILES string of the molecule is CCc1ccc2nc(NC(=O)COc3cc(C4CC(c5cc(OC)c(OC)c(OC)c5)=NN4C(C)=O)ccc3OC)sc2c1. The first kappa shape index (κ1) is 30.6. The average molecular weight is 619 g/mol. The number of aromatic nitrogens is 1. The normalized spacial score (nSPS) is 14.3. The predicted molar refractivity (Wildman–Crippen MR) is 169 cm³/mol. The maximum absolute atomic E-state index is 12.8. The van der Waals surface area contributed by atoms with E-state index in [1.807, 2.05) is 18.2 Å². The minimum atomic E-state index is -0.417. The van der Waals surface area contributed by atoms with E-state index in [9.17, 15) is 9.59 Å². The fraction of sp³-hybridized carbons (Fsp3) is 0.312. The second kappa shape index (κ2) is 13.2. The molecule has 1 unspecified atom stereocenters. The maximum atomic E-state index is 12.8. The summed E-state index contributed by atoms with van der Waals surface area (Å²) < 4.78 is 28.9. The van der Waals surface area contributed by atoms with Gasteiger partial charge in [0.2, 0.25) is 11.7 Å². The summed E-state index contributed by atoms with van der Waals surface area (Å²) in [4.78, 5) is 30.0. The van der Waals surface area contributed by atoms with Crippen LogP contribution in [0.15, 0.2) is 53.6 Å². The lowest BCUT2D eigenvalue weighted by Crippen LogP contribution is -2.24. The van der Waals surface area contributed by atoms with Gasteiger partial charge in [-0.2, -0.15) is 5.10 Å². The Labute approximate surface area is 259 Å². The van der Waals surface area contributed by atoms with Crippen LogP contribution in [0, 0.1) is 0 Å². The van der Waals surface area contributed by atoms with Gasteiger partial charge < -0.3 is 23.7 Å². The molecule has 2 heterocycles. The summed E-state index contributed by atoms with van der Waals surface area (Å²) in [5, 5.41) is 9.41. The van der Waals surface area contributed by atoms with E-state index in [1.165, 1.54) is 43.1 Å². The average Bonchev–Trinajstić information content (AvgIpc) is 3.67. The van der Waals surface area contributed by atoms with Gasteiger partial charge in [0.05, 0.1) is 50.4 Å².